The van der Waals surface area contributed by atoms with Crippen LogP contribution in [0.25, 0.3) is 0 Å². The molecule has 1 atom stereocenters. The summed E-state index contributed by atoms with van der Waals surface area (Å²) in [5.74, 6) is 2.02. The molecule has 6 nitrogen and oxygen atoms in total. The summed E-state index contributed by atoms with van der Waals surface area (Å²) < 4.78 is 11.7. The van der Waals surface area contributed by atoms with Crippen LogP contribution in [0.2, 0.25) is 0 Å². The molecule has 2 heterocycles. The van der Waals surface area contributed by atoms with Crippen molar-refractivity contribution in [3.63, 3.8) is 0 Å². The van der Waals surface area contributed by atoms with E-state index in [1.807, 2.05) is 0 Å². The quantitative estimate of drug-likeness (QED) is 0.359. The highest BCUT2D eigenvalue weighted by Crippen LogP contribution is 2.28. The standard InChI is InChI=1S/C22H34N4O2.HI/c1-2-23-22(26-11-10-19(17-26)25-12-14-27-15-13-25)24-16-18-6-3-4-9-21(18)28-20-7-5-8-20;/h3-4,6,9,19-20H,2,5,7-8,10-17H2,1H3,(H,23,24);1H. The molecule has 29 heavy (non-hydrogen) atoms. The van der Waals surface area contributed by atoms with Crippen molar-refractivity contribution < 1.29 is 9.47 Å². The first-order valence-corrected chi connectivity index (χ1v) is 10.9. The second-order valence-electron chi connectivity index (χ2n) is 7.99. The van der Waals surface area contributed by atoms with Crippen LogP contribution in [0.5, 0.6) is 5.75 Å². The second-order valence-corrected chi connectivity index (χ2v) is 7.99. The highest BCUT2D eigenvalue weighted by molar-refractivity contribution is 14.0. The normalized spacial score (nSPS) is 23.4. The number of hydrogen-bond donors (Lipinski definition) is 1. The maximum atomic E-state index is 6.17. The van der Waals surface area contributed by atoms with E-state index in [0.29, 0.717) is 18.7 Å². The smallest absolute Gasteiger partial charge is 0.194 e. The van der Waals surface area contributed by atoms with Gasteiger partial charge in [-0.2, -0.15) is 0 Å². The van der Waals surface area contributed by atoms with Crippen LogP contribution >= 0.6 is 24.0 Å². The topological polar surface area (TPSA) is 49.3 Å². The third-order valence-electron chi connectivity index (χ3n) is 6.08. The van der Waals surface area contributed by atoms with E-state index in [-0.39, 0.29) is 24.0 Å². The molecule has 3 fully saturated rings. The minimum Gasteiger partial charge on any atom is -0.490 e. The predicted molar refractivity (Wildman–Crippen MR) is 127 cm³/mol. The number of hydrogen-bond acceptors (Lipinski definition) is 4. The maximum absolute atomic E-state index is 6.17. The Bertz CT molecular complexity index is 662. The number of halogens is 1. The first kappa shape index (κ1) is 22.6. The Morgan fingerprint density at radius 1 is 1.17 bits per heavy atom. The van der Waals surface area contributed by atoms with E-state index in [1.54, 1.807) is 0 Å². The summed E-state index contributed by atoms with van der Waals surface area (Å²) in [6, 6.07) is 8.97. The molecule has 1 aliphatic carbocycles. The summed E-state index contributed by atoms with van der Waals surface area (Å²) in [5, 5.41) is 3.49. The Morgan fingerprint density at radius 3 is 2.69 bits per heavy atom. The number of rotatable bonds is 6. The van der Waals surface area contributed by atoms with E-state index in [4.69, 9.17) is 14.5 Å². The molecule has 7 heteroatoms. The van der Waals surface area contributed by atoms with Gasteiger partial charge in [-0.25, -0.2) is 4.99 Å². The lowest BCUT2D eigenvalue weighted by Crippen LogP contribution is -2.46. The zero-order chi connectivity index (χ0) is 19.2. The van der Waals surface area contributed by atoms with E-state index in [2.05, 4.69) is 46.3 Å². The van der Waals surface area contributed by atoms with Crippen LogP contribution in [0.4, 0.5) is 0 Å². The third kappa shape index (κ3) is 5.98. The fourth-order valence-corrected chi connectivity index (χ4v) is 4.18. The number of nitrogens with zero attached hydrogens (tertiary/aromatic N) is 3. The van der Waals surface area contributed by atoms with Crippen LogP contribution in [-0.4, -0.2) is 73.8 Å². The lowest BCUT2D eigenvalue weighted by molar-refractivity contribution is 0.0195. The Labute approximate surface area is 192 Å². The van der Waals surface area contributed by atoms with Crippen LogP contribution in [0.1, 0.15) is 38.2 Å². The van der Waals surface area contributed by atoms with Gasteiger partial charge in [0.25, 0.3) is 0 Å². The summed E-state index contributed by atoms with van der Waals surface area (Å²) in [6.07, 6.45) is 5.24. The zero-order valence-corrected chi connectivity index (χ0v) is 19.8. The largest absolute Gasteiger partial charge is 0.490 e. The van der Waals surface area contributed by atoms with Crippen molar-refractivity contribution in [3.05, 3.63) is 29.8 Å². The number of likely N-dealkylation sites (tertiary alicyclic amines) is 1. The molecule has 0 amide bonds. The highest BCUT2D eigenvalue weighted by Gasteiger charge is 2.30. The maximum Gasteiger partial charge on any atom is 0.194 e. The summed E-state index contributed by atoms with van der Waals surface area (Å²) in [6.45, 7) is 9.63. The molecule has 1 unspecified atom stereocenters. The van der Waals surface area contributed by atoms with Crippen molar-refractivity contribution >= 4 is 29.9 Å². The van der Waals surface area contributed by atoms with E-state index < -0.39 is 0 Å². The minimum absolute atomic E-state index is 0. The molecule has 1 aromatic carbocycles. The Balaban J connectivity index is 0.00000240. The van der Waals surface area contributed by atoms with Gasteiger partial charge in [0.1, 0.15) is 5.75 Å². The van der Waals surface area contributed by atoms with Crippen molar-refractivity contribution in [1.29, 1.82) is 0 Å². The van der Waals surface area contributed by atoms with Gasteiger partial charge in [-0.1, -0.05) is 18.2 Å². The number of aliphatic imine (C=N–C) groups is 1. The lowest BCUT2D eigenvalue weighted by Gasteiger charge is -2.32. The Kier molecular flexibility index (Phi) is 8.86. The fourth-order valence-electron chi connectivity index (χ4n) is 4.18. The van der Waals surface area contributed by atoms with Gasteiger partial charge in [-0.3, -0.25) is 4.90 Å². The molecule has 0 bridgehead atoms. The van der Waals surface area contributed by atoms with E-state index in [1.165, 1.54) is 31.2 Å². The van der Waals surface area contributed by atoms with Gasteiger partial charge in [0.05, 0.1) is 25.9 Å². The van der Waals surface area contributed by atoms with Gasteiger partial charge in [-0.15, -0.1) is 24.0 Å². The number of morpholine rings is 1. The number of nitrogens with one attached hydrogen (secondary N) is 1. The Hall–Kier alpha value is -1.06. The molecule has 162 valence electrons. The van der Waals surface area contributed by atoms with Crippen molar-refractivity contribution in [2.75, 3.05) is 45.9 Å². The van der Waals surface area contributed by atoms with Crippen LogP contribution in [0, 0.1) is 0 Å². The summed E-state index contributed by atoms with van der Waals surface area (Å²) in [7, 11) is 0. The monoisotopic (exact) mass is 514 g/mol. The van der Waals surface area contributed by atoms with Gasteiger partial charge in [0.15, 0.2) is 5.96 Å². The molecule has 4 rings (SSSR count). The van der Waals surface area contributed by atoms with Crippen molar-refractivity contribution in [2.45, 2.75) is 51.3 Å². The first-order chi connectivity index (χ1) is 13.8. The lowest BCUT2D eigenvalue weighted by atomic mass is 9.96. The predicted octanol–water partition coefficient (Wildman–Crippen LogP) is 3.11. The van der Waals surface area contributed by atoms with Gasteiger partial charge < -0.3 is 19.7 Å². The van der Waals surface area contributed by atoms with Crippen molar-refractivity contribution in [1.82, 2.24) is 15.1 Å². The van der Waals surface area contributed by atoms with Gasteiger partial charge in [0.2, 0.25) is 0 Å². The average Bonchev–Trinajstić information content (AvgIpc) is 3.19. The second kappa shape index (κ2) is 11.4. The van der Waals surface area contributed by atoms with Gasteiger partial charge >= 0.3 is 0 Å². The van der Waals surface area contributed by atoms with Crippen LogP contribution < -0.4 is 10.1 Å². The molecule has 1 aromatic rings. The molecule has 1 N–H and O–H groups in total. The Morgan fingerprint density at radius 2 is 1.97 bits per heavy atom. The van der Waals surface area contributed by atoms with Crippen LogP contribution in [-0.2, 0) is 11.3 Å². The fraction of sp³-hybridized carbons (Fsp3) is 0.682. The molecule has 0 aromatic heterocycles. The number of benzene rings is 1. The highest BCUT2D eigenvalue weighted by atomic mass is 127. The van der Waals surface area contributed by atoms with E-state index in [0.717, 1.165) is 57.6 Å². The average molecular weight is 514 g/mol. The number of para-hydroxylation sites is 1. The molecular weight excluding hydrogens is 479 g/mol. The molecule has 3 aliphatic rings. The van der Waals surface area contributed by atoms with E-state index in [9.17, 15) is 0 Å². The number of ether oxygens (including phenoxy) is 2. The minimum atomic E-state index is 0. The molecule has 0 spiro atoms. The van der Waals surface area contributed by atoms with Crippen LogP contribution in [0.3, 0.4) is 0 Å². The van der Waals surface area contributed by atoms with Gasteiger partial charge in [-0.05, 0) is 38.7 Å². The molecular formula is C22H35IN4O2. The van der Waals surface area contributed by atoms with Crippen molar-refractivity contribution in [3.8, 4) is 5.75 Å². The van der Waals surface area contributed by atoms with Gasteiger partial charge in [0, 0.05) is 44.3 Å². The molecule has 1 saturated carbocycles. The molecule has 2 aliphatic heterocycles. The summed E-state index contributed by atoms with van der Waals surface area (Å²) in [4.78, 5) is 9.96. The van der Waals surface area contributed by atoms with E-state index >= 15 is 0 Å². The molecule has 2 saturated heterocycles. The molecule has 0 radical (unpaired) electrons. The SMILES string of the molecule is CCNC(=NCc1ccccc1OC1CCC1)N1CCC(N2CCOCC2)C1.I. The summed E-state index contributed by atoms with van der Waals surface area (Å²) >= 11 is 0. The summed E-state index contributed by atoms with van der Waals surface area (Å²) in [5.41, 5.74) is 1.17. The zero-order valence-electron chi connectivity index (χ0n) is 17.5. The van der Waals surface area contributed by atoms with Crippen LogP contribution in [0.15, 0.2) is 29.3 Å². The van der Waals surface area contributed by atoms with Crippen molar-refractivity contribution in [2.24, 2.45) is 4.99 Å². The third-order valence-corrected chi connectivity index (χ3v) is 6.08. The first-order valence-electron chi connectivity index (χ1n) is 10.9. The number of guanidine groups is 1.